The van der Waals surface area contributed by atoms with Crippen LogP contribution >= 0.6 is 0 Å². The maximum atomic E-state index is 11.5. The third-order valence-electron chi connectivity index (χ3n) is 2.22. The molecule has 2 heterocycles. The normalized spacial score (nSPS) is 21.7. The van der Waals surface area contributed by atoms with E-state index in [9.17, 15) is 4.79 Å². The molecule has 0 aliphatic carbocycles. The van der Waals surface area contributed by atoms with Gasteiger partial charge >= 0.3 is 0 Å². The number of carbonyl (C=O) groups excluding carboxylic acids is 1. The molecular formula is C9H13N3O. The van der Waals surface area contributed by atoms with Gasteiger partial charge in [-0.1, -0.05) is 0 Å². The number of aromatic nitrogens is 1. The zero-order valence-electron chi connectivity index (χ0n) is 7.36. The fourth-order valence-corrected chi connectivity index (χ4v) is 1.52. The second kappa shape index (κ2) is 3.62. The Labute approximate surface area is 76.9 Å². The molecule has 4 nitrogen and oxygen atoms in total. The van der Waals surface area contributed by atoms with E-state index in [0.29, 0.717) is 0 Å². The maximum Gasteiger partial charge on any atom is 0.255 e. The average Bonchev–Trinajstić information content (AvgIpc) is 2.74. The first-order valence-electron chi connectivity index (χ1n) is 4.53. The summed E-state index contributed by atoms with van der Waals surface area (Å²) in [6, 6.07) is 3.74. The molecule has 0 radical (unpaired) electrons. The lowest BCUT2D eigenvalue weighted by Gasteiger charge is -2.11. The molecule has 1 aromatic heterocycles. The monoisotopic (exact) mass is 179 g/mol. The largest absolute Gasteiger partial charge is 0.306 e. The lowest BCUT2D eigenvalue weighted by Crippen LogP contribution is -2.38. The van der Waals surface area contributed by atoms with Crippen molar-refractivity contribution in [2.75, 3.05) is 12.0 Å². The standard InChI is InChI=1S/C9H13N3O/c13-9(8-4-3-5-10-8)11-12-6-1-2-7-12/h1-2,6-8,10H,3-5H2,(H,11,13). The fourth-order valence-electron chi connectivity index (χ4n) is 1.52. The molecule has 1 unspecified atom stereocenters. The molecule has 2 rings (SSSR count). The quantitative estimate of drug-likeness (QED) is 0.686. The predicted molar refractivity (Wildman–Crippen MR) is 49.8 cm³/mol. The molecule has 70 valence electrons. The molecule has 1 atom stereocenters. The second-order valence-corrected chi connectivity index (χ2v) is 3.22. The van der Waals surface area contributed by atoms with Crippen LogP contribution in [0.5, 0.6) is 0 Å². The van der Waals surface area contributed by atoms with E-state index in [0.717, 1.165) is 19.4 Å². The molecule has 4 heteroatoms. The van der Waals surface area contributed by atoms with Crippen LogP contribution in [0, 0.1) is 0 Å². The molecule has 1 amide bonds. The Hall–Kier alpha value is -1.29. The van der Waals surface area contributed by atoms with Gasteiger partial charge in [-0.05, 0) is 31.5 Å². The minimum Gasteiger partial charge on any atom is -0.306 e. The van der Waals surface area contributed by atoms with Crippen molar-refractivity contribution in [2.24, 2.45) is 0 Å². The highest BCUT2D eigenvalue weighted by molar-refractivity contribution is 5.88. The van der Waals surface area contributed by atoms with Crippen molar-refractivity contribution in [1.82, 2.24) is 9.99 Å². The minimum absolute atomic E-state index is 0.0117. The molecule has 1 saturated heterocycles. The van der Waals surface area contributed by atoms with E-state index in [1.807, 2.05) is 24.5 Å². The van der Waals surface area contributed by atoms with Crippen LogP contribution in [0.25, 0.3) is 0 Å². The molecule has 0 bridgehead atoms. The van der Waals surface area contributed by atoms with Crippen LogP contribution in [0.4, 0.5) is 0 Å². The number of rotatable bonds is 2. The van der Waals surface area contributed by atoms with Crippen molar-refractivity contribution in [1.29, 1.82) is 0 Å². The van der Waals surface area contributed by atoms with Gasteiger partial charge in [0.25, 0.3) is 5.91 Å². The van der Waals surface area contributed by atoms with E-state index >= 15 is 0 Å². The Morgan fingerprint density at radius 2 is 2.23 bits per heavy atom. The zero-order chi connectivity index (χ0) is 9.10. The lowest BCUT2D eigenvalue weighted by molar-refractivity contribution is -0.118. The average molecular weight is 179 g/mol. The summed E-state index contributed by atoms with van der Waals surface area (Å²) in [6.45, 7) is 0.948. The SMILES string of the molecule is O=C(Nn1cccc1)C1CCCN1. The van der Waals surface area contributed by atoms with Crippen molar-refractivity contribution in [3.8, 4) is 0 Å². The summed E-state index contributed by atoms with van der Waals surface area (Å²) in [7, 11) is 0. The van der Waals surface area contributed by atoms with Gasteiger partial charge in [-0.3, -0.25) is 14.9 Å². The molecule has 1 aromatic rings. The van der Waals surface area contributed by atoms with Crippen LogP contribution < -0.4 is 10.7 Å². The number of hydrogen-bond acceptors (Lipinski definition) is 2. The molecular weight excluding hydrogens is 166 g/mol. The summed E-state index contributed by atoms with van der Waals surface area (Å²) in [5, 5.41) is 3.14. The van der Waals surface area contributed by atoms with Crippen LogP contribution in [0.3, 0.4) is 0 Å². The summed E-state index contributed by atoms with van der Waals surface area (Å²) < 4.78 is 1.67. The predicted octanol–water partition coefficient (Wildman–Crippen LogP) is 0.310. The minimum atomic E-state index is -0.0117. The van der Waals surface area contributed by atoms with E-state index in [1.54, 1.807) is 4.68 Å². The number of hydrogen-bond donors (Lipinski definition) is 2. The Balaban J connectivity index is 1.91. The Kier molecular flexibility index (Phi) is 2.31. The van der Waals surface area contributed by atoms with Crippen molar-refractivity contribution >= 4 is 5.91 Å². The van der Waals surface area contributed by atoms with E-state index in [4.69, 9.17) is 0 Å². The Morgan fingerprint density at radius 3 is 2.85 bits per heavy atom. The van der Waals surface area contributed by atoms with Crippen molar-refractivity contribution in [3.05, 3.63) is 24.5 Å². The number of amides is 1. The summed E-state index contributed by atoms with van der Waals surface area (Å²) in [4.78, 5) is 11.5. The van der Waals surface area contributed by atoms with Crippen LogP contribution in [0.2, 0.25) is 0 Å². The zero-order valence-corrected chi connectivity index (χ0v) is 7.36. The molecule has 0 spiro atoms. The number of carbonyl (C=O) groups is 1. The Morgan fingerprint density at radius 1 is 1.46 bits per heavy atom. The van der Waals surface area contributed by atoms with Crippen LogP contribution in [0.1, 0.15) is 12.8 Å². The van der Waals surface area contributed by atoms with Gasteiger partial charge in [0, 0.05) is 12.4 Å². The van der Waals surface area contributed by atoms with Gasteiger partial charge < -0.3 is 5.32 Å². The second-order valence-electron chi connectivity index (χ2n) is 3.22. The number of nitrogens with one attached hydrogen (secondary N) is 2. The smallest absolute Gasteiger partial charge is 0.255 e. The first-order chi connectivity index (χ1) is 6.36. The van der Waals surface area contributed by atoms with Gasteiger partial charge in [0.05, 0.1) is 6.04 Å². The van der Waals surface area contributed by atoms with Gasteiger partial charge in [-0.15, -0.1) is 0 Å². The molecule has 1 fully saturated rings. The van der Waals surface area contributed by atoms with Gasteiger partial charge in [-0.2, -0.15) is 0 Å². The van der Waals surface area contributed by atoms with Crippen LogP contribution in [0.15, 0.2) is 24.5 Å². The molecule has 1 aliphatic heterocycles. The molecule has 0 saturated carbocycles. The van der Waals surface area contributed by atoms with Crippen molar-refractivity contribution in [3.63, 3.8) is 0 Å². The van der Waals surface area contributed by atoms with Crippen molar-refractivity contribution < 1.29 is 4.79 Å². The first-order valence-corrected chi connectivity index (χ1v) is 4.53. The van der Waals surface area contributed by atoms with Gasteiger partial charge in [0.15, 0.2) is 0 Å². The van der Waals surface area contributed by atoms with E-state index in [1.165, 1.54) is 0 Å². The topological polar surface area (TPSA) is 46.1 Å². The summed E-state index contributed by atoms with van der Waals surface area (Å²) in [6.07, 6.45) is 5.65. The summed E-state index contributed by atoms with van der Waals surface area (Å²) in [5.41, 5.74) is 2.78. The third kappa shape index (κ3) is 1.89. The van der Waals surface area contributed by atoms with Gasteiger partial charge in [0.2, 0.25) is 0 Å². The van der Waals surface area contributed by atoms with E-state index in [2.05, 4.69) is 10.7 Å². The van der Waals surface area contributed by atoms with Gasteiger partial charge in [0.1, 0.15) is 0 Å². The third-order valence-corrected chi connectivity index (χ3v) is 2.22. The molecule has 1 aliphatic rings. The summed E-state index contributed by atoms with van der Waals surface area (Å²) >= 11 is 0. The van der Waals surface area contributed by atoms with E-state index < -0.39 is 0 Å². The lowest BCUT2D eigenvalue weighted by atomic mass is 10.2. The Bertz CT molecular complexity index is 275. The fraction of sp³-hybridized carbons (Fsp3) is 0.444. The highest BCUT2D eigenvalue weighted by Gasteiger charge is 2.21. The van der Waals surface area contributed by atoms with E-state index in [-0.39, 0.29) is 11.9 Å². The van der Waals surface area contributed by atoms with Gasteiger partial charge in [-0.25, -0.2) is 0 Å². The first kappa shape index (κ1) is 8.31. The van der Waals surface area contributed by atoms with Crippen molar-refractivity contribution in [2.45, 2.75) is 18.9 Å². The molecule has 0 aromatic carbocycles. The molecule has 13 heavy (non-hydrogen) atoms. The molecule has 2 N–H and O–H groups in total. The highest BCUT2D eigenvalue weighted by Crippen LogP contribution is 2.04. The van der Waals surface area contributed by atoms with Crippen LogP contribution in [-0.4, -0.2) is 23.2 Å². The maximum absolute atomic E-state index is 11.5. The summed E-state index contributed by atoms with van der Waals surface area (Å²) in [5.74, 6) is 0.0497. The van der Waals surface area contributed by atoms with Crippen LogP contribution in [-0.2, 0) is 4.79 Å². The highest BCUT2D eigenvalue weighted by atomic mass is 16.2. The number of nitrogens with zero attached hydrogens (tertiary/aromatic N) is 1.